The molecule has 12 heteroatoms. The first-order valence-electron chi connectivity index (χ1n) is 8.45. The van der Waals surface area contributed by atoms with Crippen molar-refractivity contribution in [2.24, 2.45) is 0 Å². The Kier molecular flexibility index (Phi) is 5.17. The first-order valence-corrected chi connectivity index (χ1v) is 10.3. The fraction of sp³-hybridized carbons (Fsp3) is 0.222. The van der Waals surface area contributed by atoms with Crippen LogP contribution in [-0.4, -0.2) is 25.6 Å². The maximum absolute atomic E-state index is 13.5. The van der Waals surface area contributed by atoms with Gasteiger partial charge in [0.2, 0.25) is 5.89 Å². The summed E-state index contributed by atoms with van der Waals surface area (Å²) in [6.45, 7) is 1.76. The van der Waals surface area contributed by atoms with Crippen molar-refractivity contribution in [2.75, 3.05) is 5.75 Å². The smallest absolute Gasteiger partial charge is 0.435 e. The lowest BCUT2D eigenvalue weighted by molar-refractivity contribution is -0.142. The van der Waals surface area contributed by atoms with E-state index in [1.807, 2.05) is 0 Å². The third kappa shape index (κ3) is 3.85. The van der Waals surface area contributed by atoms with Crippen LogP contribution in [0.1, 0.15) is 12.6 Å². The fourth-order valence-corrected chi connectivity index (χ4v) is 4.43. The average molecular weight is 463 g/mol. The molecule has 4 rings (SSSR count). The van der Waals surface area contributed by atoms with Crippen LogP contribution in [0.3, 0.4) is 0 Å². The topological polar surface area (TPSA) is 43.3 Å². The monoisotopic (exact) mass is 463 g/mol. The Hall–Kier alpha value is -2.34. The summed E-state index contributed by atoms with van der Waals surface area (Å²) in [5.41, 5.74) is -5.32. The van der Waals surface area contributed by atoms with E-state index in [0.29, 0.717) is 5.75 Å². The van der Waals surface area contributed by atoms with Gasteiger partial charge in [0.1, 0.15) is 21.9 Å². The van der Waals surface area contributed by atoms with Gasteiger partial charge in [-0.2, -0.15) is 26.3 Å². The summed E-state index contributed by atoms with van der Waals surface area (Å²) in [6.07, 6.45) is -4.63. The molecule has 0 bridgehead atoms. The zero-order chi connectivity index (χ0) is 21.7. The number of imidazole rings is 1. The van der Waals surface area contributed by atoms with E-state index in [1.54, 1.807) is 6.92 Å². The van der Waals surface area contributed by atoms with Gasteiger partial charge in [-0.15, -0.1) is 11.8 Å². The van der Waals surface area contributed by atoms with Crippen LogP contribution in [0.2, 0.25) is 0 Å². The summed E-state index contributed by atoms with van der Waals surface area (Å²) >= 11 is 0.765. The molecule has 30 heavy (non-hydrogen) atoms. The maximum Gasteiger partial charge on any atom is 0.446 e. The Bertz CT molecular complexity index is 1230. The highest BCUT2D eigenvalue weighted by Gasteiger charge is 2.36. The van der Waals surface area contributed by atoms with E-state index >= 15 is 0 Å². The number of nitrogens with zero attached hydrogens (tertiary/aromatic N) is 3. The van der Waals surface area contributed by atoms with Gasteiger partial charge in [-0.1, -0.05) is 19.1 Å². The van der Waals surface area contributed by atoms with Crippen LogP contribution in [0.5, 0.6) is 0 Å². The highest BCUT2D eigenvalue weighted by atomic mass is 32.2. The highest BCUT2D eigenvalue weighted by molar-refractivity contribution is 8.00. The number of halogens is 6. The standard InChI is InChI=1S/C18H11F6N3OS2/c1-2-29-16-14(25-12-8-4-7-11(27(12)16)17(19,20)21)15-26-13-9(28-15)5-3-6-10(13)30-18(22,23)24/h3-8H,2H2,1H3. The number of alkyl halides is 6. The third-order valence-corrected chi connectivity index (χ3v) is 5.70. The molecule has 4 aromatic rings. The van der Waals surface area contributed by atoms with Gasteiger partial charge in [0.15, 0.2) is 11.3 Å². The molecule has 0 saturated heterocycles. The second kappa shape index (κ2) is 7.41. The largest absolute Gasteiger partial charge is 0.446 e. The molecule has 0 radical (unpaired) electrons. The molecule has 158 valence electrons. The van der Waals surface area contributed by atoms with Gasteiger partial charge >= 0.3 is 11.7 Å². The maximum atomic E-state index is 13.5. The molecule has 0 aliphatic carbocycles. The van der Waals surface area contributed by atoms with Gasteiger partial charge in [0.25, 0.3) is 0 Å². The number of hydrogen-bond donors (Lipinski definition) is 0. The number of aromatic nitrogens is 3. The van der Waals surface area contributed by atoms with Crippen molar-refractivity contribution in [1.82, 2.24) is 14.4 Å². The van der Waals surface area contributed by atoms with Gasteiger partial charge in [0.05, 0.1) is 0 Å². The molecule has 0 fully saturated rings. The van der Waals surface area contributed by atoms with Crippen LogP contribution in [0.4, 0.5) is 26.3 Å². The summed E-state index contributed by atoms with van der Waals surface area (Å²) in [5, 5.41) is 0.150. The molecule has 3 aromatic heterocycles. The van der Waals surface area contributed by atoms with Crippen molar-refractivity contribution in [3.8, 4) is 11.6 Å². The van der Waals surface area contributed by atoms with Crippen LogP contribution in [0, 0.1) is 0 Å². The van der Waals surface area contributed by atoms with Crippen molar-refractivity contribution in [3.05, 3.63) is 42.1 Å². The summed E-state index contributed by atoms with van der Waals surface area (Å²) in [5.74, 6) is 0.288. The van der Waals surface area contributed by atoms with Crippen LogP contribution >= 0.6 is 23.5 Å². The normalized spacial score (nSPS) is 12.9. The fourth-order valence-electron chi connectivity index (χ4n) is 2.93. The first kappa shape index (κ1) is 20.9. The Labute approximate surface area is 173 Å². The predicted molar refractivity (Wildman–Crippen MR) is 102 cm³/mol. The number of oxazole rings is 1. The summed E-state index contributed by atoms with van der Waals surface area (Å²) in [6, 6.07) is 7.65. The van der Waals surface area contributed by atoms with Crippen LogP contribution in [0.25, 0.3) is 28.3 Å². The summed E-state index contributed by atoms with van der Waals surface area (Å²) in [7, 11) is 0. The van der Waals surface area contributed by atoms with E-state index in [1.165, 1.54) is 30.3 Å². The molecule has 0 N–H and O–H groups in total. The van der Waals surface area contributed by atoms with Crippen molar-refractivity contribution < 1.29 is 30.8 Å². The molecule has 0 atom stereocenters. The molecule has 0 saturated carbocycles. The second-order valence-electron chi connectivity index (χ2n) is 5.97. The second-order valence-corrected chi connectivity index (χ2v) is 8.33. The molecule has 4 nitrogen and oxygen atoms in total. The van der Waals surface area contributed by atoms with Crippen LogP contribution in [-0.2, 0) is 6.18 Å². The number of rotatable bonds is 4. The molecule has 0 amide bonds. The zero-order valence-electron chi connectivity index (χ0n) is 15.0. The Morgan fingerprint density at radius 3 is 2.40 bits per heavy atom. The average Bonchev–Trinajstić information content (AvgIpc) is 3.22. The SMILES string of the molecule is CCSc1c(-c2nc3c(SC(F)(F)F)cccc3o2)nc2cccc(C(F)(F)F)n12. The lowest BCUT2D eigenvalue weighted by Crippen LogP contribution is -2.11. The summed E-state index contributed by atoms with van der Waals surface area (Å²) in [4.78, 5) is 8.20. The molecule has 0 aliphatic heterocycles. The molecule has 3 heterocycles. The lowest BCUT2D eigenvalue weighted by Gasteiger charge is -2.11. The number of thioether (sulfide) groups is 2. The van der Waals surface area contributed by atoms with Gasteiger partial charge in [-0.25, -0.2) is 9.97 Å². The Morgan fingerprint density at radius 1 is 1.00 bits per heavy atom. The van der Waals surface area contributed by atoms with Crippen molar-refractivity contribution in [1.29, 1.82) is 0 Å². The number of fused-ring (bicyclic) bond motifs is 2. The van der Waals surface area contributed by atoms with E-state index in [2.05, 4.69) is 9.97 Å². The van der Waals surface area contributed by atoms with Crippen molar-refractivity contribution in [2.45, 2.75) is 28.5 Å². The molecular weight excluding hydrogens is 452 g/mol. The minimum Gasteiger partial charge on any atom is -0.435 e. The number of pyridine rings is 1. The Balaban J connectivity index is 1.94. The zero-order valence-corrected chi connectivity index (χ0v) is 16.6. The number of benzene rings is 1. The van der Waals surface area contributed by atoms with E-state index in [0.717, 1.165) is 22.2 Å². The van der Waals surface area contributed by atoms with Crippen molar-refractivity contribution in [3.63, 3.8) is 0 Å². The third-order valence-electron chi connectivity index (χ3n) is 3.98. The van der Waals surface area contributed by atoms with E-state index in [-0.39, 0.29) is 50.0 Å². The lowest BCUT2D eigenvalue weighted by atomic mass is 10.3. The minimum absolute atomic E-state index is 0.0305. The molecule has 0 spiro atoms. The number of hydrogen-bond acceptors (Lipinski definition) is 5. The Morgan fingerprint density at radius 2 is 1.73 bits per heavy atom. The van der Waals surface area contributed by atoms with E-state index in [4.69, 9.17) is 4.42 Å². The van der Waals surface area contributed by atoms with E-state index in [9.17, 15) is 26.3 Å². The van der Waals surface area contributed by atoms with Crippen molar-refractivity contribution >= 4 is 40.3 Å². The van der Waals surface area contributed by atoms with Gasteiger partial charge in [-0.3, -0.25) is 4.40 Å². The van der Waals surface area contributed by atoms with Crippen LogP contribution < -0.4 is 0 Å². The van der Waals surface area contributed by atoms with Crippen LogP contribution in [0.15, 0.2) is 50.7 Å². The van der Waals surface area contributed by atoms with E-state index < -0.39 is 17.4 Å². The van der Waals surface area contributed by atoms with Gasteiger partial charge in [-0.05, 0) is 41.8 Å². The summed E-state index contributed by atoms with van der Waals surface area (Å²) < 4.78 is 85.6. The quantitative estimate of drug-likeness (QED) is 0.244. The molecular formula is C18H11F6N3OS2. The number of para-hydroxylation sites is 1. The first-order chi connectivity index (χ1) is 14.1. The molecule has 0 aliphatic rings. The predicted octanol–water partition coefficient (Wildman–Crippen LogP) is 6.89. The highest BCUT2D eigenvalue weighted by Crippen LogP contribution is 2.42. The molecule has 0 unspecified atom stereocenters. The van der Waals surface area contributed by atoms with Gasteiger partial charge in [0, 0.05) is 4.90 Å². The molecule has 1 aromatic carbocycles. The minimum atomic E-state index is -4.63. The van der Waals surface area contributed by atoms with Gasteiger partial charge < -0.3 is 4.42 Å².